The number of carboxylic acids is 1. The van der Waals surface area contributed by atoms with Crippen LogP contribution in [0.3, 0.4) is 0 Å². The van der Waals surface area contributed by atoms with E-state index in [9.17, 15) is 9.90 Å². The zero-order valence-corrected chi connectivity index (χ0v) is 11.6. The van der Waals surface area contributed by atoms with Gasteiger partial charge in [0.15, 0.2) is 0 Å². The first-order valence-electron chi connectivity index (χ1n) is 6.63. The third-order valence-electron chi connectivity index (χ3n) is 3.51. The molecule has 106 valence electrons. The summed E-state index contributed by atoms with van der Waals surface area (Å²) >= 11 is 0. The summed E-state index contributed by atoms with van der Waals surface area (Å²) in [6.45, 7) is 0.636. The number of rotatable bonds is 4. The van der Waals surface area contributed by atoms with Crippen LogP contribution in [0.15, 0.2) is 54.7 Å². The van der Waals surface area contributed by atoms with Gasteiger partial charge < -0.3 is 14.4 Å². The third-order valence-corrected chi connectivity index (χ3v) is 3.51. The maximum absolute atomic E-state index is 11.4. The third kappa shape index (κ3) is 2.48. The van der Waals surface area contributed by atoms with Crippen molar-refractivity contribution in [1.82, 2.24) is 4.57 Å². The average molecular weight is 281 g/mol. The van der Waals surface area contributed by atoms with Crippen molar-refractivity contribution in [3.05, 3.63) is 65.9 Å². The van der Waals surface area contributed by atoms with Crippen molar-refractivity contribution in [2.24, 2.45) is 0 Å². The van der Waals surface area contributed by atoms with E-state index < -0.39 is 5.97 Å². The number of carbonyl (C=O) groups is 1. The van der Waals surface area contributed by atoms with Crippen LogP contribution in [-0.2, 0) is 6.54 Å². The molecule has 3 aromatic rings. The molecule has 4 nitrogen and oxygen atoms in total. The van der Waals surface area contributed by atoms with Crippen molar-refractivity contribution in [3.63, 3.8) is 0 Å². The van der Waals surface area contributed by atoms with E-state index >= 15 is 0 Å². The number of nitrogens with zero attached hydrogens (tertiary/aromatic N) is 1. The second-order valence-corrected chi connectivity index (χ2v) is 4.84. The minimum atomic E-state index is -0.930. The Balaban J connectivity index is 2.13. The molecule has 0 saturated heterocycles. The molecule has 21 heavy (non-hydrogen) atoms. The summed E-state index contributed by atoms with van der Waals surface area (Å²) in [6.07, 6.45) is 1.68. The fourth-order valence-electron chi connectivity index (χ4n) is 2.48. The number of ether oxygens (including phenoxy) is 1. The smallest absolute Gasteiger partial charge is 0.337 e. The van der Waals surface area contributed by atoms with Gasteiger partial charge >= 0.3 is 5.97 Å². The number of fused-ring (bicyclic) bond motifs is 1. The summed E-state index contributed by atoms with van der Waals surface area (Å²) in [4.78, 5) is 11.4. The molecule has 0 amide bonds. The van der Waals surface area contributed by atoms with Gasteiger partial charge in [-0.05, 0) is 23.8 Å². The molecule has 0 aliphatic rings. The Morgan fingerprint density at radius 2 is 1.95 bits per heavy atom. The number of benzene rings is 2. The van der Waals surface area contributed by atoms with Gasteiger partial charge in [-0.15, -0.1) is 0 Å². The summed E-state index contributed by atoms with van der Waals surface area (Å²) < 4.78 is 7.13. The van der Waals surface area contributed by atoms with Crippen LogP contribution < -0.4 is 4.74 Å². The Hall–Kier alpha value is -2.75. The Morgan fingerprint density at radius 1 is 1.19 bits per heavy atom. The van der Waals surface area contributed by atoms with Gasteiger partial charge in [0.05, 0.1) is 12.7 Å². The molecule has 3 rings (SSSR count). The second-order valence-electron chi connectivity index (χ2n) is 4.84. The van der Waals surface area contributed by atoms with Gasteiger partial charge in [-0.3, -0.25) is 0 Å². The lowest BCUT2D eigenvalue weighted by Gasteiger charge is -2.06. The van der Waals surface area contributed by atoms with E-state index in [1.165, 1.54) is 0 Å². The highest BCUT2D eigenvalue weighted by Crippen LogP contribution is 2.26. The van der Waals surface area contributed by atoms with E-state index in [2.05, 4.69) is 0 Å². The summed E-state index contributed by atoms with van der Waals surface area (Å²) in [6, 6.07) is 15.5. The SMILES string of the molecule is COc1ccc2c(c1)c(C(=O)O)cn2Cc1ccccc1. The molecule has 0 saturated carbocycles. The molecule has 0 radical (unpaired) electrons. The lowest BCUT2D eigenvalue weighted by molar-refractivity contribution is 0.0699. The number of hydrogen-bond acceptors (Lipinski definition) is 2. The summed E-state index contributed by atoms with van der Waals surface area (Å²) in [5.41, 5.74) is 2.30. The van der Waals surface area contributed by atoms with Gasteiger partial charge in [-0.1, -0.05) is 30.3 Å². The zero-order chi connectivity index (χ0) is 14.8. The van der Waals surface area contributed by atoms with Crippen molar-refractivity contribution >= 4 is 16.9 Å². The molecule has 0 fully saturated rings. The molecule has 1 aromatic heterocycles. The number of hydrogen-bond donors (Lipinski definition) is 1. The molecule has 0 spiro atoms. The normalized spacial score (nSPS) is 10.7. The highest BCUT2D eigenvalue weighted by Gasteiger charge is 2.15. The number of carboxylic acid groups (broad SMARTS) is 1. The second kappa shape index (κ2) is 5.32. The number of aromatic carboxylic acids is 1. The van der Waals surface area contributed by atoms with E-state index in [0.717, 1.165) is 11.1 Å². The van der Waals surface area contributed by atoms with Gasteiger partial charge in [-0.2, -0.15) is 0 Å². The molecule has 0 unspecified atom stereocenters. The van der Waals surface area contributed by atoms with E-state index in [4.69, 9.17) is 4.74 Å². The van der Waals surface area contributed by atoms with Crippen molar-refractivity contribution in [2.75, 3.05) is 7.11 Å². The van der Waals surface area contributed by atoms with Crippen LogP contribution in [0.1, 0.15) is 15.9 Å². The van der Waals surface area contributed by atoms with Crippen LogP contribution >= 0.6 is 0 Å². The highest BCUT2D eigenvalue weighted by molar-refractivity contribution is 6.03. The largest absolute Gasteiger partial charge is 0.497 e. The first-order valence-corrected chi connectivity index (χ1v) is 6.63. The average Bonchev–Trinajstić information content (AvgIpc) is 2.86. The molecule has 0 bridgehead atoms. The van der Waals surface area contributed by atoms with Crippen LogP contribution in [0.2, 0.25) is 0 Å². The Labute approximate surface area is 122 Å². The van der Waals surface area contributed by atoms with E-state index in [-0.39, 0.29) is 0 Å². The molecule has 2 aromatic carbocycles. The van der Waals surface area contributed by atoms with Crippen LogP contribution in [0.5, 0.6) is 5.75 Å². The zero-order valence-electron chi connectivity index (χ0n) is 11.6. The monoisotopic (exact) mass is 281 g/mol. The first kappa shape index (κ1) is 13.2. The minimum absolute atomic E-state index is 0.292. The Kier molecular flexibility index (Phi) is 3.36. The van der Waals surface area contributed by atoms with Crippen molar-refractivity contribution in [2.45, 2.75) is 6.54 Å². The molecular weight excluding hydrogens is 266 g/mol. The predicted octanol–water partition coefficient (Wildman–Crippen LogP) is 3.40. The predicted molar refractivity (Wildman–Crippen MR) is 81.0 cm³/mol. The van der Waals surface area contributed by atoms with Gasteiger partial charge in [0, 0.05) is 23.6 Å². The quantitative estimate of drug-likeness (QED) is 0.797. The van der Waals surface area contributed by atoms with Crippen LogP contribution in [-0.4, -0.2) is 22.8 Å². The summed E-state index contributed by atoms with van der Waals surface area (Å²) in [7, 11) is 1.57. The molecule has 1 N–H and O–H groups in total. The van der Waals surface area contributed by atoms with Crippen LogP contribution in [0, 0.1) is 0 Å². The number of methoxy groups -OCH3 is 1. The van der Waals surface area contributed by atoms with Crippen LogP contribution in [0.25, 0.3) is 10.9 Å². The molecule has 4 heteroatoms. The topological polar surface area (TPSA) is 51.5 Å². The van der Waals surface area contributed by atoms with Gasteiger partial charge in [0.1, 0.15) is 5.75 Å². The highest BCUT2D eigenvalue weighted by atomic mass is 16.5. The van der Waals surface area contributed by atoms with Crippen molar-refractivity contribution in [1.29, 1.82) is 0 Å². The van der Waals surface area contributed by atoms with Crippen molar-refractivity contribution < 1.29 is 14.6 Å². The molecular formula is C17H15NO3. The fourth-order valence-corrected chi connectivity index (χ4v) is 2.48. The minimum Gasteiger partial charge on any atom is -0.497 e. The van der Waals surface area contributed by atoms with Crippen LogP contribution in [0.4, 0.5) is 0 Å². The lowest BCUT2D eigenvalue weighted by Crippen LogP contribution is -1.98. The van der Waals surface area contributed by atoms with Gasteiger partial charge in [-0.25, -0.2) is 4.79 Å². The maximum Gasteiger partial charge on any atom is 0.337 e. The first-order chi connectivity index (χ1) is 10.2. The van der Waals surface area contributed by atoms with Gasteiger partial charge in [0.2, 0.25) is 0 Å². The maximum atomic E-state index is 11.4. The number of aromatic nitrogens is 1. The summed E-state index contributed by atoms with van der Waals surface area (Å²) in [5.74, 6) is -0.275. The van der Waals surface area contributed by atoms with E-state index in [1.807, 2.05) is 47.0 Å². The molecule has 0 atom stereocenters. The summed E-state index contributed by atoms with van der Waals surface area (Å²) in [5, 5.41) is 10.1. The van der Waals surface area contributed by atoms with E-state index in [1.54, 1.807) is 19.4 Å². The van der Waals surface area contributed by atoms with E-state index in [0.29, 0.717) is 23.2 Å². The molecule has 1 heterocycles. The van der Waals surface area contributed by atoms with Gasteiger partial charge in [0.25, 0.3) is 0 Å². The standard InChI is InChI=1S/C17H15NO3/c1-21-13-7-8-16-14(9-13)15(17(19)20)11-18(16)10-12-5-3-2-4-6-12/h2-9,11H,10H2,1H3,(H,19,20). The molecule has 0 aliphatic heterocycles. The Morgan fingerprint density at radius 3 is 2.62 bits per heavy atom. The fraction of sp³-hybridized carbons (Fsp3) is 0.118. The Bertz CT molecular complexity index is 790. The van der Waals surface area contributed by atoms with Crippen molar-refractivity contribution in [3.8, 4) is 5.75 Å². The molecule has 0 aliphatic carbocycles. The lowest BCUT2D eigenvalue weighted by atomic mass is 10.1.